The van der Waals surface area contributed by atoms with Crippen LogP contribution in [0.25, 0.3) is 0 Å². The van der Waals surface area contributed by atoms with E-state index in [9.17, 15) is 0 Å². The van der Waals surface area contributed by atoms with Crippen molar-refractivity contribution < 1.29 is 28.5 Å². The number of nitrogens with zero attached hydrogens (tertiary/aromatic N) is 1. The lowest BCUT2D eigenvalue weighted by atomic mass is 10.1. The van der Waals surface area contributed by atoms with Gasteiger partial charge < -0.3 is 28.5 Å². The van der Waals surface area contributed by atoms with Crippen LogP contribution in [0.3, 0.4) is 0 Å². The molecule has 0 aromatic heterocycles. The second-order valence-corrected chi connectivity index (χ2v) is 7.44. The first-order valence-electron chi connectivity index (χ1n) is 9.18. The smallest absolute Gasteiger partial charge is 0.104 e. The highest BCUT2D eigenvalue weighted by molar-refractivity contribution is 14.1. The summed E-state index contributed by atoms with van der Waals surface area (Å²) in [5.74, 6) is 0. The van der Waals surface area contributed by atoms with Gasteiger partial charge in [0, 0.05) is 9.99 Å². The lowest BCUT2D eigenvalue weighted by Gasteiger charge is -2.39. The van der Waals surface area contributed by atoms with Gasteiger partial charge in [0.1, 0.15) is 6.54 Å². The number of benzene rings is 1. The number of unbranched alkanes of at least 4 members (excludes halogenated alkanes) is 3. The molecule has 23 heavy (non-hydrogen) atoms. The van der Waals surface area contributed by atoms with Gasteiger partial charge in [0.25, 0.3) is 0 Å². The van der Waals surface area contributed by atoms with Gasteiger partial charge in [0.2, 0.25) is 0 Å². The Balaban J connectivity index is 0.00000484. The Morgan fingerprint density at radius 2 is 1.13 bits per heavy atom. The van der Waals surface area contributed by atoms with E-state index < -0.39 is 0 Å². The third-order valence-corrected chi connectivity index (χ3v) is 5.53. The molecule has 0 saturated heterocycles. The third kappa shape index (κ3) is 9.05. The molecule has 0 aliphatic rings. The molecule has 0 aliphatic carbocycles. The van der Waals surface area contributed by atoms with Crippen LogP contribution >= 0.6 is 22.6 Å². The van der Waals surface area contributed by atoms with E-state index in [0.717, 1.165) is 4.43 Å². The highest BCUT2D eigenvalue weighted by atomic mass is 127. The third-order valence-electron chi connectivity index (χ3n) is 4.65. The first-order chi connectivity index (χ1) is 10.7. The maximum absolute atomic E-state index is 2.44. The molecule has 0 saturated carbocycles. The minimum Gasteiger partial charge on any atom is -1.00 e. The number of rotatable bonds is 12. The Morgan fingerprint density at radius 1 is 0.739 bits per heavy atom. The molecule has 0 unspecified atom stereocenters. The van der Waals surface area contributed by atoms with Crippen LogP contribution in [-0.2, 0) is 11.0 Å². The molecular formula is C20H35I2N. The van der Waals surface area contributed by atoms with Gasteiger partial charge in [0.15, 0.2) is 0 Å². The van der Waals surface area contributed by atoms with E-state index in [1.807, 2.05) is 0 Å². The van der Waals surface area contributed by atoms with Crippen LogP contribution in [0, 0.1) is 0 Å². The van der Waals surface area contributed by atoms with Gasteiger partial charge in [-0.3, -0.25) is 0 Å². The average Bonchev–Trinajstić information content (AvgIpc) is 2.56. The van der Waals surface area contributed by atoms with Crippen molar-refractivity contribution >= 4 is 22.6 Å². The summed E-state index contributed by atoms with van der Waals surface area (Å²) in [6.07, 6.45) is 8.02. The monoisotopic (exact) mass is 543 g/mol. The molecule has 1 aromatic carbocycles. The molecule has 0 fully saturated rings. The van der Waals surface area contributed by atoms with Gasteiger partial charge in [0.05, 0.1) is 19.6 Å². The Bertz CT molecular complexity index is 367. The molecule has 1 aromatic rings. The van der Waals surface area contributed by atoms with E-state index in [-0.39, 0.29) is 24.0 Å². The molecule has 0 heterocycles. The summed E-state index contributed by atoms with van der Waals surface area (Å²) < 4.78 is 2.42. The van der Waals surface area contributed by atoms with Crippen LogP contribution in [0.5, 0.6) is 0 Å². The van der Waals surface area contributed by atoms with Crippen LogP contribution in [0.1, 0.15) is 70.4 Å². The van der Waals surface area contributed by atoms with Crippen molar-refractivity contribution in [1.29, 1.82) is 0 Å². The first kappa shape index (κ1) is 23.6. The van der Waals surface area contributed by atoms with E-state index in [2.05, 4.69) is 67.6 Å². The largest absolute Gasteiger partial charge is 1.00 e. The van der Waals surface area contributed by atoms with Crippen LogP contribution < -0.4 is 24.0 Å². The zero-order valence-electron chi connectivity index (χ0n) is 15.3. The molecule has 0 N–H and O–H groups in total. The second-order valence-electron chi connectivity index (χ2n) is 6.68. The Labute approximate surface area is 175 Å². The minimum atomic E-state index is 0. The summed E-state index contributed by atoms with van der Waals surface area (Å²) in [4.78, 5) is 0. The lowest BCUT2D eigenvalue weighted by molar-refractivity contribution is -0.941. The summed E-state index contributed by atoms with van der Waals surface area (Å²) in [7, 11) is 0. The van der Waals surface area contributed by atoms with E-state index in [0.29, 0.717) is 0 Å². The normalized spacial score (nSPS) is 11.3. The summed E-state index contributed by atoms with van der Waals surface area (Å²) in [6.45, 7) is 12.2. The zero-order chi connectivity index (χ0) is 16.3. The van der Waals surface area contributed by atoms with Crippen molar-refractivity contribution in [3.05, 3.63) is 35.4 Å². The highest BCUT2D eigenvalue weighted by Crippen LogP contribution is 2.20. The predicted molar refractivity (Wildman–Crippen MR) is 107 cm³/mol. The molecule has 0 amide bonds. The van der Waals surface area contributed by atoms with E-state index in [4.69, 9.17) is 0 Å². The van der Waals surface area contributed by atoms with Crippen molar-refractivity contribution in [2.24, 2.45) is 0 Å². The second kappa shape index (κ2) is 13.9. The Morgan fingerprint density at radius 3 is 1.48 bits per heavy atom. The topological polar surface area (TPSA) is 0 Å². The van der Waals surface area contributed by atoms with Crippen molar-refractivity contribution in [1.82, 2.24) is 0 Å². The zero-order valence-corrected chi connectivity index (χ0v) is 19.6. The quantitative estimate of drug-likeness (QED) is 0.216. The standard InChI is InChI=1S/C20H35IN.HI/c1-4-7-14-22(15-8-5-2,16-9-6-3)18-20-12-10-19(17-21)11-13-20;/h10-13H,4-9,14-18H2,1-3H3;1H/q+1;/p-1. The van der Waals surface area contributed by atoms with Crippen molar-refractivity contribution in [3.8, 4) is 0 Å². The summed E-state index contributed by atoms with van der Waals surface area (Å²) in [5, 5.41) is 0. The van der Waals surface area contributed by atoms with Crippen molar-refractivity contribution in [3.63, 3.8) is 0 Å². The average molecular weight is 543 g/mol. The van der Waals surface area contributed by atoms with Crippen LogP contribution in [0.2, 0.25) is 0 Å². The molecular weight excluding hydrogens is 508 g/mol. The number of hydrogen-bond acceptors (Lipinski definition) is 0. The van der Waals surface area contributed by atoms with Crippen molar-refractivity contribution in [2.45, 2.75) is 70.3 Å². The van der Waals surface area contributed by atoms with Gasteiger partial charge in [-0.2, -0.15) is 0 Å². The van der Waals surface area contributed by atoms with E-state index in [1.165, 1.54) is 80.3 Å². The minimum absolute atomic E-state index is 0. The molecule has 0 aliphatic heterocycles. The fourth-order valence-corrected chi connectivity index (χ4v) is 3.68. The van der Waals surface area contributed by atoms with Gasteiger partial charge in [-0.1, -0.05) is 86.9 Å². The SMILES string of the molecule is CCCC[N+](CCCC)(CCCC)Cc1ccc(CI)cc1.[I-]. The Kier molecular flexibility index (Phi) is 14.3. The van der Waals surface area contributed by atoms with Crippen molar-refractivity contribution in [2.75, 3.05) is 19.6 Å². The van der Waals surface area contributed by atoms with Gasteiger partial charge in [-0.25, -0.2) is 0 Å². The summed E-state index contributed by atoms with van der Waals surface area (Å²) >= 11 is 2.44. The molecule has 134 valence electrons. The number of hydrogen-bond donors (Lipinski definition) is 0. The lowest BCUT2D eigenvalue weighted by Crippen LogP contribution is -3.00. The maximum Gasteiger partial charge on any atom is 0.104 e. The molecule has 0 bridgehead atoms. The molecule has 0 radical (unpaired) electrons. The van der Waals surface area contributed by atoms with Gasteiger partial charge in [-0.05, 0) is 24.8 Å². The summed E-state index contributed by atoms with van der Waals surface area (Å²) in [6, 6.07) is 9.36. The first-order valence-corrected chi connectivity index (χ1v) is 10.7. The number of halogens is 2. The molecule has 1 nitrogen and oxygen atoms in total. The predicted octanol–water partition coefficient (Wildman–Crippen LogP) is 3.34. The van der Waals surface area contributed by atoms with Crippen LogP contribution in [-0.4, -0.2) is 24.1 Å². The fourth-order valence-electron chi connectivity index (χ4n) is 3.17. The van der Waals surface area contributed by atoms with Crippen LogP contribution in [0.4, 0.5) is 0 Å². The van der Waals surface area contributed by atoms with Gasteiger partial charge in [-0.15, -0.1) is 0 Å². The highest BCUT2D eigenvalue weighted by Gasteiger charge is 2.26. The van der Waals surface area contributed by atoms with Gasteiger partial charge >= 0.3 is 0 Å². The number of quaternary nitrogens is 1. The number of alkyl halides is 1. The van der Waals surface area contributed by atoms with E-state index >= 15 is 0 Å². The molecule has 1 rings (SSSR count). The maximum atomic E-state index is 2.44. The molecule has 0 spiro atoms. The molecule has 0 atom stereocenters. The fraction of sp³-hybridized carbons (Fsp3) is 0.700. The summed E-state index contributed by atoms with van der Waals surface area (Å²) in [5.41, 5.74) is 2.97. The van der Waals surface area contributed by atoms with E-state index in [1.54, 1.807) is 0 Å². The molecule has 3 heteroatoms. The Hall–Kier alpha value is 0.640. The van der Waals surface area contributed by atoms with Crippen LogP contribution in [0.15, 0.2) is 24.3 Å².